The summed E-state index contributed by atoms with van der Waals surface area (Å²) in [5.41, 5.74) is 0. The van der Waals surface area contributed by atoms with E-state index in [1.165, 1.54) is 0 Å². The second-order valence-electron chi connectivity index (χ2n) is 8.23. The van der Waals surface area contributed by atoms with Gasteiger partial charge in [-0.15, -0.1) is 0 Å². The van der Waals surface area contributed by atoms with Crippen LogP contribution in [-0.4, -0.2) is 99.1 Å². The molecule has 0 radical (unpaired) electrons. The Hall–Kier alpha value is -1.34. The average Bonchev–Trinajstić information content (AvgIpc) is 3.08. The van der Waals surface area contributed by atoms with Crippen molar-refractivity contribution in [1.82, 2.24) is 25.3 Å². The highest BCUT2D eigenvalue weighted by molar-refractivity contribution is 5.81. The molecule has 2 unspecified atom stereocenters. The Morgan fingerprint density at radius 2 is 1.85 bits per heavy atom. The van der Waals surface area contributed by atoms with Crippen LogP contribution in [0.25, 0.3) is 0 Å². The van der Waals surface area contributed by atoms with Crippen LogP contribution in [0.2, 0.25) is 0 Å². The summed E-state index contributed by atoms with van der Waals surface area (Å²) in [5, 5.41) is 6.94. The lowest BCUT2D eigenvalue weighted by Gasteiger charge is -2.34. The summed E-state index contributed by atoms with van der Waals surface area (Å²) in [6.07, 6.45) is 0.982. The predicted octanol–water partition coefficient (Wildman–Crippen LogP) is 0.292. The lowest BCUT2D eigenvalue weighted by Crippen LogP contribution is -2.49. The van der Waals surface area contributed by atoms with E-state index in [1.54, 1.807) is 0 Å². The Bertz CT molecular complexity index is 473. The van der Waals surface area contributed by atoms with E-state index < -0.39 is 0 Å². The first kappa shape index (κ1) is 21.0. The maximum absolute atomic E-state index is 12.1. The summed E-state index contributed by atoms with van der Waals surface area (Å²) in [7, 11) is 4.00. The molecule has 0 aromatic carbocycles. The summed E-state index contributed by atoms with van der Waals surface area (Å²) >= 11 is 0. The molecule has 0 aliphatic carbocycles. The Balaban J connectivity index is 1.68. The zero-order chi connectivity index (χ0) is 19.1. The van der Waals surface area contributed by atoms with Crippen LogP contribution in [-0.2, 0) is 4.79 Å². The third-order valence-electron chi connectivity index (χ3n) is 5.34. The second kappa shape index (κ2) is 10.1. The first-order chi connectivity index (χ1) is 12.4. The molecule has 2 saturated heterocycles. The lowest BCUT2D eigenvalue weighted by atomic mass is 10.1. The summed E-state index contributed by atoms with van der Waals surface area (Å²) in [6, 6.07) is 0.289. The van der Waals surface area contributed by atoms with Crippen LogP contribution in [0.4, 0.5) is 0 Å². The molecule has 0 saturated carbocycles. The quantitative estimate of drug-likeness (QED) is 0.523. The highest BCUT2D eigenvalue weighted by Gasteiger charge is 2.28. The van der Waals surface area contributed by atoms with Crippen LogP contribution in [0.15, 0.2) is 4.99 Å². The van der Waals surface area contributed by atoms with Crippen LogP contribution >= 0.6 is 0 Å². The van der Waals surface area contributed by atoms with Gasteiger partial charge in [0.25, 0.3) is 0 Å². The minimum atomic E-state index is 0.0709. The fourth-order valence-corrected chi connectivity index (χ4v) is 3.64. The van der Waals surface area contributed by atoms with Crippen LogP contribution in [0, 0.1) is 11.8 Å². The number of nitrogens with one attached hydrogen (secondary N) is 2. The van der Waals surface area contributed by atoms with Crippen molar-refractivity contribution < 1.29 is 4.79 Å². The van der Waals surface area contributed by atoms with E-state index >= 15 is 0 Å². The third-order valence-corrected chi connectivity index (χ3v) is 5.34. The average molecular weight is 367 g/mol. The molecule has 2 heterocycles. The molecule has 0 spiro atoms. The van der Waals surface area contributed by atoms with Gasteiger partial charge in [0.15, 0.2) is 5.96 Å². The van der Waals surface area contributed by atoms with Gasteiger partial charge < -0.3 is 25.3 Å². The molecule has 2 rings (SSSR count). The normalized spacial score (nSPS) is 24.2. The molecule has 7 heteroatoms. The number of carbonyl (C=O) groups is 1. The number of piperazine rings is 1. The van der Waals surface area contributed by atoms with Crippen molar-refractivity contribution in [3.63, 3.8) is 0 Å². The van der Waals surface area contributed by atoms with Crippen molar-refractivity contribution >= 4 is 11.9 Å². The van der Waals surface area contributed by atoms with Gasteiger partial charge in [0.1, 0.15) is 0 Å². The number of likely N-dealkylation sites (tertiary alicyclic amines) is 1. The monoisotopic (exact) mass is 366 g/mol. The van der Waals surface area contributed by atoms with Gasteiger partial charge in [-0.3, -0.25) is 9.79 Å². The number of carbonyl (C=O) groups excluding carboxylic acids is 1. The van der Waals surface area contributed by atoms with Gasteiger partial charge in [0.2, 0.25) is 5.91 Å². The molecule has 2 atom stereocenters. The highest BCUT2D eigenvalue weighted by Crippen LogP contribution is 2.12. The molecule has 150 valence electrons. The van der Waals surface area contributed by atoms with Crippen LogP contribution in [0.5, 0.6) is 0 Å². The smallest absolute Gasteiger partial charge is 0.225 e. The molecule has 0 aromatic rings. The SMILES string of the molecule is CN=C(NCC(C)CN1CCN(C)CC1)NC1CCN(C(=O)C(C)C)C1. The summed E-state index contributed by atoms with van der Waals surface area (Å²) in [5.74, 6) is 1.73. The van der Waals surface area contributed by atoms with Crippen molar-refractivity contribution in [2.45, 2.75) is 33.2 Å². The third kappa shape index (κ3) is 6.43. The van der Waals surface area contributed by atoms with Gasteiger partial charge in [0, 0.05) is 71.4 Å². The molecule has 26 heavy (non-hydrogen) atoms. The minimum Gasteiger partial charge on any atom is -0.356 e. The number of hydrogen-bond donors (Lipinski definition) is 2. The summed E-state index contributed by atoms with van der Waals surface area (Å²) < 4.78 is 0. The maximum atomic E-state index is 12.1. The fourth-order valence-electron chi connectivity index (χ4n) is 3.64. The fraction of sp³-hybridized carbons (Fsp3) is 0.895. The van der Waals surface area contributed by atoms with Gasteiger partial charge in [-0.1, -0.05) is 20.8 Å². The largest absolute Gasteiger partial charge is 0.356 e. The Morgan fingerprint density at radius 1 is 1.15 bits per heavy atom. The molecule has 2 fully saturated rings. The topological polar surface area (TPSA) is 63.2 Å². The zero-order valence-electron chi connectivity index (χ0n) is 17.3. The Labute approximate surface area is 159 Å². The Morgan fingerprint density at radius 3 is 2.46 bits per heavy atom. The molecule has 2 aliphatic heterocycles. The van der Waals surface area contributed by atoms with Crippen molar-refractivity contribution in [2.75, 3.05) is 66.5 Å². The van der Waals surface area contributed by atoms with E-state index in [4.69, 9.17) is 0 Å². The van der Waals surface area contributed by atoms with Crippen molar-refractivity contribution in [2.24, 2.45) is 16.8 Å². The zero-order valence-corrected chi connectivity index (χ0v) is 17.3. The van der Waals surface area contributed by atoms with E-state index in [0.717, 1.165) is 64.7 Å². The first-order valence-electron chi connectivity index (χ1n) is 10.1. The van der Waals surface area contributed by atoms with Crippen molar-refractivity contribution in [3.8, 4) is 0 Å². The number of likely N-dealkylation sites (N-methyl/N-ethyl adjacent to an activating group) is 1. The number of rotatable bonds is 6. The summed E-state index contributed by atoms with van der Waals surface area (Å²) in [4.78, 5) is 23.4. The van der Waals surface area contributed by atoms with Crippen molar-refractivity contribution in [3.05, 3.63) is 0 Å². The number of amides is 1. The van der Waals surface area contributed by atoms with Crippen LogP contribution in [0.1, 0.15) is 27.2 Å². The van der Waals surface area contributed by atoms with E-state index in [2.05, 4.69) is 39.4 Å². The highest BCUT2D eigenvalue weighted by atomic mass is 16.2. The number of aliphatic imine (C=N–C) groups is 1. The molecule has 1 amide bonds. The number of hydrogen-bond acceptors (Lipinski definition) is 4. The molecule has 0 bridgehead atoms. The molecule has 0 aromatic heterocycles. The van der Waals surface area contributed by atoms with Gasteiger partial charge in [-0.05, 0) is 19.4 Å². The molecular weight excluding hydrogens is 328 g/mol. The van der Waals surface area contributed by atoms with E-state index in [9.17, 15) is 4.79 Å². The van der Waals surface area contributed by atoms with Crippen LogP contribution < -0.4 is 10.6 Å². The predicted molar refractivity (Wildman–Crippen MR) is 107 cm³/mol. The van der Waals surface area contributed by atoms with Crippen molar-refractivity contribution in [1.29, 1.82) is 0 Å². The van der Waals surface area contributed by atoms with E-state index in [-0.39, 0.29) is 17.9 Å². The molecule has 7 nitrogen and oxygen atoms in total. The van der Waals surface area contributed by atoms with E-state index in [1.807, 2.05) is 25.8 Å². The number of guanidine groups is 1. The lowest BCUT2D eigenvalue weighted by molar-refractivity contribution is -0.133. The Kier molecular flexibility index (Phi) is 8.15. The molecule has 2 N–H and O–H groups in total. The first-order valence-corrected chi connectivity index (χ1v) is 10.1. The van der Waals surface area contributed by atoms with Gasteiger partial charge in [-0.25, -0.2) is 0 Å². The maximum Gasteiger partial charge on any atom is 0.225 e. The van der Waals surface area contributed by atoms with Gasteiger partial charge in [-0.2, -0.15) is 0 Å². The van der Waals surface area contributed by atoms with Gasteiger partial charge in [0.05, 0.1) is 0 Å². The minimum absolute atomic E-state index is 0.0709. The van der Waals surface area contributed by atoms with Gasteiger partial charge >= 0.3 is 0 Å². The van der Waals surface area contributed by atoms with E-state index in [0.29, 0.717) is 5.92 Å². The summed E-state index contributed by atoms with van der Waals surface area (Å²) in [6.45, 7) is 14.5. The molecule has 2 aliphatic rings. The second-order valence-corrected chi connectivity index (χ2v) is 8.23. The molecular formula is C19H38N6O. The van der Waals surface area contributed by atoms with Crippen LogP contribution in [0.3, 0.4) is 0 Å². The standard InChI is InChI=1S/C19H38N6O/c1-15(2)18(26)25-7-6-17(14-25)22-19(20-4)21-12-16(3)13-24-10-8-23(5)9-11-24/h15-17H,6-14H2,1-5H3,(H2,20,21,22). The number of nitrogens with zero attached hydrogens (tertiary/aromatic N) is 4.